The Morgan fingerprint density at radius 2 is 1.94 bits per heavy atom. The topological polar surface area (TPSA) is 54.9 Å². The maximum absolute atomic E-state index is 11.8. The summed E-state index contributed by atoms with van der Waals surface area (Å²) in [5.41, 5.74) is 0.343. The maximum atomic E-state index is 11.8. The molecule has 0 atom stereocenters. The molecule has 6 heteroatoms. The molecule has 0 saturated heterocycles. The van der Waals surface area contributed by atoms with Gasteiger partial charge in [-0.3, -0.25) is 4.79 Å². The summed E-state index contributed by atoms with van der Waals surface area (Å²) in [4.78, 5) is 19.8. The van der Waals surface area contributed by atoms with Crippen molar-refractivity contribution < 1.29 is 4.79 Å². The average molecular weight is 357 g/mol. The van der Waals surface area contributed by atoms with Gasteiger partial charge >= 0.3 is 0 Å². The Bertz CT molecular complexity index is 543. The minimum Gasteiger partial charge on any atom is -0.305 e. The first-order valence-electron chi connectivity index (χ1n) is 4.69. The number of rotatable bonds is 2. The molecule has 0 aromatic carbocycles. The molecule has 86 valence electrons. The van der Waals surface area contributed by atoms with E-state index in [9.17, 15) is 4.79 Å². The second-order valence-electron chi connectivity index (χ2n) is 3.18. The van der Waals surface area contributed by atoms with Crippen molar-refractivity contribution in [3.63, 3.8) is 0 Å². The van der Waals surface area contributed by atoms with Crippen LogP contribution in [-0.4, -0.2) is 15.9 Å². The zero-order valence-electron chi connectivity index (χ0n) is 8.52. The highest BCUT2D eigenvalue weighted by molar-refractivity contribution is 9.10. The molecule has 0 spiro atoms. The van der Waals surface area contributed by atoms with Gasteiger partial charge in [-0.05, 0) is 40.2 Å². The number of hydrogen-bond acceptors (Lipinski definition) is 3. The van der Waals surface area contributed by atoms with E-state index in [1.807, 2.05) is 0 Å². The molecule has 2 aromatic rings. The van der Waals surface area contributed by atoms with Crippen LogP contribution in [0.25, 0.3) is 0 Å². The Morgan fingerprint density at radius 3 is 2.59 bits per heavy atom. The number of aromatic nitrogens is 2. The Kier molecular flexibility index (Phi) is 3.86. The smallest absolute Gasteiger partial charge is 0.275 e. The van der Waals surface area contributed by atoms with Crippen LogP contribution in [0, 0.1) is 0 Å². The van der Waals surface area contributed by atoms with Crippen molar-refractivity contribution in [2.45, 2.75) is 0 Å². The fraction of sp³-hybridized carbons (Fsp3) is 0. The summed E-state index contributed by atoms with van der Waals surface area (Å²) in [6.45, 7) is 0. The van der Waals surface area contributed by atoms with E-state index in [4.69, 9.17) is 0 Å². The summed E-state index contributed by atoms with van der Waals surface area (Å²) in [5, 5.41) is 2.66. The highest BCUT2D eigenvalue weighted by Crippen LogP contribution is 2.14. The molecule has 0 aliphatic carbocycles. The number of halogens is 2. The second kappa shape index (κ2) is 5.37. The number of hydrogen-bond donors (Lipinski definition) is 1. The summed E-state index contributed by atoms with van der Waals surface area (Å²) in [5.74, 6) is 0.192. The van der Waals surface area contributed by atoms with Crippen LogP contribution >= 0.6 is 31.9 Å². The third-order valence-corrected chi connectivity index (χ3v) is 2.89. The summed E-state index contributed by atoms with van der Waals surface area (Å²) in [6, 6.07) is 6.90. The second-order valence-corrected chi connectivity index (χ2v) is 5.01. The Labute approximate surface area is 115 Å². The van der Waals surface area contributed by atoms with Gasteiger partial charge in [0.25, 0.3) is 5.91 Å². The van der Waals surface area contributed by atoms with Crippen LogP contribution in [0.15, 0.2) is 45.6 Å². The Morgan fingerprint density at radius 1 is 1.12 bits per heavy atom. The van der Waals surface area contributed by atoms with Gasteiger partial charge in [0.2, 0.25) is 0 Å². The molecule has 4 nitrogen and oxygen atoms in total. The monoisotopic (exact) mass is 355 g/mol. The third kappa shape index (κ3) is 3.34. The van der Waals surface area contributed by atoms with Gasteiger partial charge in [0.15, 0.2) is 0 Å². The van der Waals surface area contributed by atoms with Crippen molar-refractivity contribution in [1.82, 2.24) is 9.97 Å². The van der Waals surface area contributed by atoms with Gasteiger partial charge in [0.05, 0.1) is 0 Å². The lowest BCUT2D eigenvalue weighted by Gasteiger charge is -2.03. The van der Waals surface area contributed by atoms with Crippen LogP contribution in [0.4, 0.5) is 5.82 Å². The number of pyridine rings is 2. The highest BCUT2D eigenvalue weighted by Gasteiger charge is 2.07. The minimum atomic E-state index is -0.289. The van der Waals surface area contributed by atoms with Gasteiger partial charge in [-0.25, -0.2) is 9.97 Å². The molecule has 0 aliphatic rings. The predicted molar refractivity (Wildman–Crippen MR) is 71.8 cm³/mol. The molecule has 0 fully saturated rings. The molecule has 0 aliphatic heterocycles. The van der Waals surface area contributed by atoms with Gasteiger partial charge in [0.1, 0.15) is 11.5 Å². The van der Waals surface area contributed by atoms with E-state index in [0.717, 1.165) is 8.95 Å². The van der Waals surface area contributed by atoms with Crippen LogP contribution in [0.3, 0.4) is 0 Å². The summed E-state index contributed by atoms with van der Waals surface area (Å²) in [7, 11) is 0. The third-order valence-electron chi connectivity index (χ3n) is 1.92. The Balaban J connectivity index is 2.14. The van der Waals surface area contributed by atoms with Crippen LogP contribution < -0.4 is 5.32 Å². The first kappa shape index (κ1) is 12.2. The van der Waals surface area contributed by atoms with Crippen molar-refractivity contribution in [3.05, 3.63) is 51.3 Å². The number of carbonyl (C=O) groups excluding carboxylic acids is 1. The fourth-order valence-corrected chi connectivity index (χ4v) is 1.73. The summed E-state index contributed by atoms with van der Waals surface area (Å²) >= 11 is 6.56. The molecule has 2 rings (SSSR count). The molecule has 17 heavy (non-hydrogen) atoms. The van der Waals surface area contributed by atoms with E-state index in [0.29, 0.717) is 11.5 Å². The van der Waals surface area contributed by atoms with E-state index in [1.54, 1.807) is 36.7 Å². The van der Waals surface area contributed by atoms with Gasteiger partial charge in [-0.2, -0.15) is 0 Å². The van der Waals surface area contributed by atoms with Gasteiger partial charge < -0.3 is 5.32 Å². The largest absolute Gasteiger partial charge is 0.305 e. The molecule has 2 heterocycles. The highest BCUT2D eigenvalue weighted by atomic mass is 79.9. The van der Waals surface area contributed by atoms with Crippen molar-refractivity contribution >= 4 is 43.6 Å². The Hall–Kier alpha value is -1.27. The molecule has 1 amide bonds. The van der Waals surface area contributed by atoms with Crippen molar-refractivity contribution in [2.75, 3.05) is 5.32 Å². The van der Waals surface area contributed by atoms with Crippen molar-refractivity contribution in [2.24, 2.45) is 0 Å². The maximum Gasteiger partial charge on any atom is 0.275 e. The lowest BCUT2D eigenvalue weighted by Crippen LogP contribution is -2.14. The number of anilines is 1. The molecule has 1 N–H and O–H groups in total. The lowest BCUT2D eigenvalue weighted by atomic mass is 10.3. The zero-order chi connectivity index (χ0) is 12.3. The minimum absolute atomic E-state index is 0.289. The normalized spacial score (nSPS) is 10.0. The molecule has 0 saturated carbocycles. The number of amides is 1. The van der Waals surface area contributed by atoms with E-state index in [-0.39, 0.29) is 5.91 Å². The van der Waals surface area contributed by atoms with Crippen LogP contribution in [0.2, 0.25) is 0 Å². The number of nitrogens with one attached hydrogen (secondary N) is 1. The molecule has 2 aromatic heterocycles. The average Bonchev–Trinajstić information content (AvgIpc) is 2.29. The standard InChI is InChI=1S/C11H7Br2N3O/c12-7-3-4-14-10(5-7)16-11(17)9-2-1-8(13)6-15-9/h1-6H,(H,14,16,17). The molecular weight excluding hydrogens is 350 g/mol. The zero-order valence-corrected chi connectivity index (χ0v) is 11.7. The van der Waals surface area contributed by atoms with E-state index in [1.165, 1.54) is 0 Å². The fourth-order valence-electron chi connectivity index (χ4n) is 1.16. The number of nitrogens with zero attached hydrogens (tertiary/aromatic N) is 2. The van der Waals surface area contributed by atoms with Gasteiger partial charge in [0, 0.05) is 21.3 Å². The molecule has 0 radical (unpaired) electrons. The van der Waals surface area contributed by atoms with Crippen molar-refractivity contribution in [3.8, 4) is 0 Å². The molecule has 0 bridgehead atoms. The predicted octanol–water partition coefficient (Wildman–Crippen LogP) is 3.25. The molecular formula is C11H7Br2N3O. The molecule has 0 unspecified atom stereocenters. The van der Waals surface area contributed by atoms with Crippen LogP contribution in [0.1, 0.15) is 10.5 Å². The van der Waals surface area contributed by atoms with E-state index in [2.05, 4.69) is 47.1 Å². The first-order valence-corrected chi connectivity index (χ1v) is 6.28. The quantitative estimate of drug-likeness (QED) is 0.898. The first-order chi connectivity index (χ1) is 8.15. The van der Waals surface area contributed by atoms with E-state index >= 15 is 0 Å². The van der Waals surface area contributed by atoms with Crippen LogP contribution in [0.5, 0.6) is 0 Å². The lowest BCUT2D eigenvalue weighted by molar-refractivity contribution is 0.102. The van der Waals surface area contributed by atoms with E-state index < -0.39 is 0 Å². The van der Waals surface area contributed by atoms with Gasteiger partial charge in [-0.1, -0.05) is 15.9 Å². The SMILES string of the molecule is O=C(Nc1cc(Br)ccn1)c1ccc(Br)cn1. The summed E-state index contributed by atoms with van der Waals surface area (Å²) < 4.78 is 1.68. The van der Waals surface area contributed by atoms with Crippen molar-refractivity contribution in [1.29, 1.82) is 0 Å². The van der Waals surface area contributed by atoms with Gasteiger partial charge in [-0.15, -0.1) is 0 Å². The number of carbonyl (C=O) groups is 1. The summed E-state index contributed by atoms with van der Waals surface area (Å²) in [6.07, 6.45) is 3.18. The van der Waals surface area contributed by atoms with Crippen LogP contribution in [-0.2, 0) is 0 Å².